The van der Waals surface area contributed by atoms with Gasteiger partial charge in [-0.1, -0.05) is 54.6 Å². The normalized spacial score (nSPS) is 19.4. The lowest BCUT2D eigenvalue weighted by atomic mass is 10.0. The number of carbonyl (C=O) groups excluding carboxylic acids is 5. The van der Waals surface area contributed by atoms with E-state index in [2.05, 4.69) is 22.8 Å². The van der Waals surface area contributed by atoms with E-state index in [-0.39, 0.29) is 36.3 Å². The predicted molar refractivity (Wildman–Crippen MR) is 236 cm³/mol. The van der Waals surface area contributed by atoms with E-state index < -0.39 is 42.1 Å². The summed E-state index contributed by atoms with van der Waals surface area (Å²) in [5.41, 5.74) is 18.8. The predicted octanol–water partition coefficient (Wildman–Crippen LogP) is 2.80. The van der Waals surface area contributed by atoms with Crippen LogP contribution in [-0.4, -0.2) is 89.3 Å². The molecule has 7 rings (SSSR count). The first-order valence-corrected chi connectivity index (χ1v) is 22.1. The van der Waals surface area contributed by atoms with Crippen molar-refractivity contribution in [3.63, 3.8) is 0 Å². The number of para-hydroxylation sites is 2. The minimum Gasteiger partial charge on any atom is -0.379 e. The van der Waals surface area contributed by atoms with Gasteiger partial charge in [0.25, 0.3) is 0 Å². The van der Waals surface area contributed by atoms with Crippen LogP contribution in [0.15, 0.2) is 65.5 Å². The van der Waals surface area contributed by atoms with E-state index in [0.717, 1.165) is 52.7 Å². The highest BCUT2D eigenvalue weighted by Crippen LogP contribution is 2.39. The van der Waals surface area contributed by atoms with E-state index >= 15 is 0 Å². The van der Waals surface area contributed by atoms with Crippen molar-refractivity contribution in [1.82, 2.24) is 19.8 Å². The average molecular weight is 866 g/mol. The van der Waals surface area contributed by atoms with Gasteiger partial charge in [-0.25, -0.2) is 4.79 Å². The summed E-state index contributed by atoms with van der Waals surface area (Å²) in [6, 6.07) is 17.1. The van der Waals surface area contributed by atoms with E-state index in [9.17, 15) is 28.8 Å². The summed E-state index contributed by atoms with van der Waals surface area (Å²) in [4.78, 5) is 78.0. The van der Waals surface area contributed by atoms with Crippen molar-refractivity contribution in [2.75, 3.05) is 31.3 Å². The first kappa shape index (κ1) is 45.3. The van der Waals surface area contributed by atoms with Crippen molar-refractivity contribution >= 4 is 46.3 Å². The molecular formula is C47H59N7O9. The van der Waals surface area contributed by atoms with Crippen LogP contribution >= 0.6 is 0 Å². The minimum absolute atomic E-state index is 0.0725. The molecule has 6 N–H and O–H groups in total. The fraction of sp³-hybridized carbons (Fsp3) is 0.489. The lowest BCUT2D eigenvalue weighted by Crippen LogP contribution is -2.55. The Balaban J connectivity index is 0.801. The van der Waals surface area contributed by atoms with Crippen LogP contribution in [0.3, 0.4) is 0 Å². The number of hydrogen-bond donors (Lipinski definition) is 4. The van der Waals surface area contributed by atoms with Crippen molar-refractivity contribution in [2.45, 2.75) is 114 Å². The first-order chi connectivity index (χ1) is 30.4. The summed E-state index contributed by atoms with van der Waals surface area (Å²) < 4.78 is 21.0. The number of rotatable bonds is 21. The lowest BCUT2D eigenvalue weighted by molar-refractivity contribution is -0.135. The molecule has 3 aliphatic heterocycles. The van der Waals surface area contributed by atoms with Gasteiger partial charge in [0.05, 0.1) is 54.7 Å². The van der Waals surface area contributed by atoms with Crippen molar-refractivity contribution in [3.8, 4) is 0 Å². The van der Waals surface area contributed by atoms with Crippen LogP contribution in [-0.2, 0) is 77.5 Å². The van der Waals surface area contributed by atoms with Gasteiger partial charge in [0.1, 0.15) is 12.1 Å². The topological polar surface area (TPSA) is 219 Å². The van der Waals surface area contributed by atoms with E-state index in [0.29, 0.717) is 77.1 Å². The van der Waals surface area contributed by atoms with Crippen LogP contribution in [0, 0.1) is 0 Å². The molecule has 0 radical (unpaired) electrons. The number of imidazole rings is 1. The third kappa shape index (κ3) is 10.6. The highest BCUT2D eigenvalue weighted by atomic mass is 16.5. The third-order valence-corrected chi connectivity index (χ3v) is 12.5. The molecule has 16 heteroatoms. The molecule has 16 nitrogen and oxygen atoms in total. The Hall–Kier alpha value is -5.68. The molecule has 3 aliphatic rings. The summed E-state index contributed by atoms with van der Waals surface area (Å²) >= 11 is 0. The Bertz CT molecular complexity index is 2370. The molecule has 5 amide bonds. The number of amides is 5. The number of primary amides is 1. The van der Waals surface area contributed by atoms with Gasteiger partial charge in [0.15, 0.2) is 0 Å². The number of nitrogens with zero attached hydrogens (tertiary/aromatic N) is 3. The molecule has 5 atom stereocenters. The van der Waals surface area contributed by atoms with Gasteiger partial charge in [-0.05, 0) is 92.2 Å². The van der Waals surface area contributed by atoms with Gasteiger partial charge in [-0.15, -0.1) is 0 Å². The van der Waals surface area contributed by atoms with Crippen LogP contribution in [0.5, 0.6) is 0 Å². The second-order valence-electron chi connectivity index (χ2n) is 16.8. The number of fused-ring (bicyclic) bond motifs is 1. The number of carbonyl (C=O) groups is 5. The van der Waals surface area contributed by atoms with E-state index in [1.165, 1.54) is 10.1 Å². The number of aryl methyl sites for hydroxylation is 4. The number of imide groups is 1. The van der Waals surface area contributed by atoms with Crippen molar-refractivity contribution in [2.24, 2.45) is 18.5 Å². The number of ether oxygens (including phenoxy) is 3. The molecule has 1 aromatic heterocycles. The van der Waals surface area contributed by atoms with Gasteiger partial charge in [0.2, 0.25) is 29.5 Å². The maximum atomic E-state index is 13.8. The van der Waals surface area contributed by atoms with Crippen molar-refractivity contribution in [3.05, 3.63) is 99.0 Å². The Kier molecular flexibility index (Phi) is 14.9. The largest absolute Gasteiger partial charge is 0.379 e. The minimum atomic E-state index is -0.743. The fourth-order valence-electron chi connectivity index (χ4n) is 9.03. The van der Waals surface area contributed by atoms with Crippen LogP contribution < -0.4 is 32.7 Å². The molecular weight excluding hydrogens is 807 g/mol. The zero-order valence-corrected chi connectivity index (χ0v) is 36.1. The van der Waals surface area contributed by atoms with Crippen LogP contribution in [0.25, 0.3) is 11.0 Å². The molecule has 4 aromatic rings. The molecule has 0 spiro atoms. The SMILES string of the molecule is C[C@@H](OCc1ccc(CCCOCCOCCCc2cccc3c2n(C)c(=O)n3C2CCC(=O)NC2=O)cc1)[C@H](CCC(N)=O)NC(=O)[C@@H]1Cc2cccc3c2N1C(=O)[C@@H](N)CC3. The number of hydrogen-bond acceptors (Lipinski definition) is 10. The van der Waals surface area contributed by atoms with E-state index in [1.54, 1.807) is 16.5 Å². The lowest BCUT2D eigenvalue weighted by Gasteiger charge is -2.30. The molecule has 3 aromatic carbocycles. The molecule has 1 unspecified atom stereocenters. The van der Waals surface area contributed by atoms with E-state index in [1.807, 2.05) is 55.5 Å². The molecule has 1 saturated heterocycles. The van der Waals surface area contributed by atoms with Crippen molar-refractivity contribution in [1.29, 1.82) is 0 Å². The zero-order chi connectivity index (χ0) is 44.6. The second kappa shape index (κ2) is 20.7. The highest BCUT2D eigenvalue weighted by Gasteiger charge is 2.43. The van der Waals surface area contributed by atoms with E-state index in [4.69, 9.17) is 25.7 Å². The van der Waals surface area contributed by atoms with Gasteiger partial charge in [-0.3, -0.25) is 43.3 Å². The van der Waals surface area contributed by atoms with Gasteiger partial charge in [0, 0.05) is 39.5 Å². The zero-order valence-electron chi connectivity index (χ0n) is 36.1. The summed E-state index contributed by atoms with van der Waals surface area (Å²) in [7, 11) is 1.71. The number of anilines is 1. The number of aromatic nitrogens is 2. The Morgan fingerprint density at radius 1 is 0.873 bits per heavy atom. The monoisotopic (exact) mass is 865 g/mol. The smallest absolute Gasteiger partial charge is 0.329 e. The van der Waals surface area contributed by atoms with Gasteiger partial charge >= 0.3 is 5.69 Å². The number of nitrogens with two attached hydrogens (primary N) is 2. The van der Waals surface area contributed by atoms with Crippen molar-refractivity contribution < 1.29 is 38.2 Å². The summed E-state index contributed by atoms with van der Waals surface area (Å²) in [6.45, 7) is 4.24. The Morgan fingerprint density at radius 2 is 1.57 bits per heavy atom. The van der Waals surface area contributed by atoms with Crippen LogP contribution in [0.4, 0.5) is 5.69 Å². The Labute approximate surface area is 366 Å². The number of piperidine rings is 1. The highest BCUT2D eigenvalue weighted by molar-refractivity contribution is 6.07. The second-order valence-corrected chi connectivity index (χ2v) is 16.8. The standard InChI is InChI=1S/C47H59N7O9/c1-29(36(19-21-40(49)55)50-45(58)39-27-34-10-3-8-33-17-18-35(48)46(59)54(39)42(33)34)63-28-31-15-13-30(14-16-31)7-5-23-61-25-26-62-24-6-11-32-9-4-12-37-43(32)52(2)47(60)53(37)38-20-22-41(56)51-44(38)57/h3-4,8-10,12-16,29,35-36,38-39H,5-7,11,17-28,48H2,1-2H3,(H2,49,55)(H,50,58)(H,51,56,57)/t29-,35+,36+,38?,39+/m1/s1. The molecule has 63 heavy (non-hydrogen) atoms. The average Bonchev–Trinajstić information content (AvgIpc) is 3.75. The summed E-state index contributed by atoms with van der Waals surface area (Å²) in [6.07, 6.45) is 5.11. The molecule has 0 aliphatic carbocycles. The molecule has 336 valence electrons. The molecule has 1 fully saturated rings. The maximum Gasteiger partial charge on any atom is 0.329 e. The molecule has 0 saturated carbocycles. The number of nitrogens with one attached hydrogen (secondary N) is 2. The Morgan fingerprint density at radius 3 is 2.30 bits per heavy atom. The third-order valence-electron chi connectivity index (χ3n) is 12.5. The number of benzene rings is 3. The van der Waals surface area contributed by atoms with Gasteiger partial charge < -0.3 is 31.0 Å². The maximum absolute atomic E-state index is 13.8. The molecule has 4 heterocycles. The van der Waals surface area contributed by atoms with Gasteiger partial charge in [-0.2, -0.15) is 0 Å². The van der Waals surface area contributed by atoms with Crippen LogP contribution in [0.1, 0.15) is 85.7 Å². The summed E-state index contributed by atoms with van der Waals surface area (Å²) in [5, 5.41) is 5.43. The first-order valence-electron chi connectivity index (χ1n) is 22.1. The fourth-order valence-corrected chi connectivity index (χ4v) is 9.03. The van der Waals surface area contributed by atoms with Crippen LogP contribution in [0.2, 0.25) is 0 Å². The quantitative estimate of drug-likeness (QED) is 0.0709. The molecule has 0 bridgehead atoms. The summed E-state index contributed by atoms with van der Waals surface area (Å²) in [5.74, 6) is -1.81.